The summed E-state index contributed by atoms with van der Waals surface area (Å²) >= 11 is 0. The molecule has 3 heteroatoms. The molecule has 3 rings (SSSR count). The van der Waals surface area contributed by atoms with Crippen LogP contribution in [0.3, 0.4) is 0 Å². The topological polar surface area (TPSA) is 30.5 Å². The Morgan fingerprint density at radius 2 is 2.07 bits per heavy atom. The Morgan fingerprint density at radius 1 is 1.13 bits per heavy atom. The summed E-state index contributed by atoms with van der Waals surface area (Å²) in [5.41, 5.74) is 1.32. The van der Waals surface area contributed by atoms with Crippen molar-refractivity contribution in [3.8, 4) is 11.5 Å². The summed E-state index contributed by atoms with van der Waals surface area (Å²) in [6.45, 7) is 1.48. The van der Waals surface area contributed by atoms with Crippen LogP contribution in [0, 0.1) is 0 Å². The van der Waals surface area contributed by atoms with Gasteiger partial charge in [-0.1, -0.05) is 12.5 Å². The van der Waals surface area contributed by atoms with Gasteiger partial charge in [-0.25, -0.2) is 0 Å². The molecule has 2 heterocycles. The van der Waals surface area contributed by atoms with E-state index in [0.717, 1.165) is 18.0 Å². The van der Waals surface area contributed by atoms with Crippen molar-refractivity contribution in [2.75, 3.05) is 13.3 Å². The molecule has 0 amide bonds. The van der Waals surface area contributed by atoms with Crippen LogP contribution < -0.4 is 14.8 Å². The molecule has 80 valence electrons. The Hall–Kier alpha value is -1.22. The average Bonchev–Trinajstić information content (AvgIpc) is 2.77. The van der Waals surface area contributed by atoms with E-state index in [-0.39, 0.29) is 0 Å². The summed E-state index contributed by atoms with van der Waals surface area (Å²) in [6, 6.07) is 6.74. The number of rotatable bonds is 1. The highest BCUT2D eigenvalue weighted by molar-refractivity contribution is 5.45. The van der Waals surface area contributed by atoms with Crippen LogP contribution in [0.25, 0.3) is 0 Å². The summed E-state index contributed by atoms with van der Waals surface area (Å²) in [5, 5.41) is 3.53. The normalized spacial score (nSPS) is 24.1. The summed E-state index contributed by atoms with van der Waals surface area (Å²) < 4.78 is 10.7. The molecule has 0 saturated carbocycles. The Labute approximate surface area is 89.4 Å². The van der Waals surface area contributed by atoms with Crippen molar-refractivity contribution in [1.29, 1.82) is 0 Å². The lowest BCUT2D eigenvalue weighted by atomic mass is 9.97. The van der Waals surface area contributed by atoms with E-state index in [1.165, 1.54) is 24.8 Å². The fourth-order valence-electron chi connectivity index (χ4n) is 2.27. The molecule has 15 heavy (non-hydrogen) atoms. The molecular formula is C12H15NO2. The third-order valence-corrected chi connectivity index (χ3v) is 3.11. The molecule has 0 aliphatic carbocycles. The lowest BCUT2D eigenvalue weighted by Gasteiger charge is -2.23. The molecule has 0 aromatic heterocycles. The van der Waals surface area contributed by atoms with Gasteiger partial charge >= 0.3 is 0 Å². The maximum atomic E-state index is 5.38. The zero-order valence-electron chi connectivity index (χ0n) is 8.66. The van der Waals surface area contributed by atoms with Crippen LogP contribution in [0.4, 0.5) is 0 Å². The van der Waals surface area contributed by atoms with Crippen LogP contribution in [0.2, 0.25) is 0 Å². The lowest BCUT2D eigenvalue weighted by Crippen LogP contribution is -2.26. The summed E-state index contributed by atoms with van der Waals surface area (Å²) in [5.74, 6) is 1.76. The van der Waals surface area contributed by atoms with E-state index in [2.05, 4.69) is 17.4 Å². The first-order valence-corrected chi connectivity index (χ1v) is 5.56. The number of hydrogen-bond donors (Lipinski definition) is 1. The number of hydrogen-bond acceptors (Lipinski definition) is 3. The zero-order valence-corrected chi connectivity index (χ0v) is 8.66. The van der Waals surface area contributed by atoms with Gasteiger partial charge in [0.15, 0.2) is 11.5 Å². The molecule has 1 fully saturated rings. The van der Waals surface area contributed by atoms with E-state index in [9.17, 15) is 0 Å². The molecular weight excluding hydrogens is 190 g/mol. The zero-order chi connectivity index (χ0) is 10.1. The Bertz CT molecular complexity index is 359. The number of benzene rings is 1. The SMILES string of the molecule is c1cc2c(cc1[C@H]1CCCCN1)OCO2. The minimum Gasteiger partial charge on any atom is -0.454 e. The van der Waals surface area contributed by atoms with Gasteiger partial charge in [0.05, 0.1) is 0 Å². The van der Waals surface area contributed by atoms with Crippen LogP contribution in [0.1, 0.15) is 30.9 Å². The largest absolute Gasteiger partial charge is 0.454 e. The van der Waals surface area contributed by atoms with E-state index in [1.54, 1.807) is 0 Å². The highest BCUT2D eigenvalue weighted by atomic mass is 16.7. The van der Waals surface area contributed by atoms with E-state index < -0.39 is 0 Å². The van der Waals surface area contributed by atoms with E-state index in [0.29, 0.717) is 12.8 Å². The van der Waals surface area contributed by atoms with Gasteiger partial charge < -0.3 is 14.8 Å². The van der Waals surface area contributed by atoms with Gasteiger partial charge in [0.2, 0.25) is 6.79 Å². The van der Waals surface area contributed by atoms with E-state index in [4.69, 9.17) is 9.47 Å². The van der Waals surface area contributed by atoms with Gasteiger partial charge in [-0.15, -0.1) is 0 Å². The van der Waals surface area contributed by atoms with Crippen LogP contribution in [-0.4, -0.2) is 13.3 Å². The van der Waals surface area contributed by atoms with E-state index in [1.807, 2.05) is 6.07 Å². The first kappa shape index (κ1) is 9.04. The molecule has 0 spiro atoms. The highest BCUT2D eigenvalue weighted by Gasteiger charge is 2.19. The van der Waals surface area contributed by atoms with Gasteiger partial charge in [0.1, 0.15) is 0 Å². The minimum absolute atomic E-state index is 0.358. The van der Waals surface area contributed by atoms with Crippen LogP contribution >= 0.6 is 0 Å². The fraction of sp³-hybridized carbons (Fsp3) is 0.500. The molecule has 1 aromatic carbocycles. The lowest BCUT2D eigenvalue weighted by molar-refractivity contribution is 0.174. The molecule has 1 saturated heterocycles. The summed E-state index contributed by atoms with van der Waals surface area (Å²) in [7, 11) is 0. The van der Waals surface area contributed by atoms with Crippen molar-refractivity contribution < 1.29 is 9.47 Å². The average molecular weight is 205 g/mol. The standard InChI is InChI=1S/C12H15NO2/c1-2-6-13-10(3-1)9-4-5-11-12(7-9)15-8-14-11/h4-5,7,10,13H,1-3,6,8H2/t10-/m1/s1. The number of piperidine rings is 1. The molecule has 2 aliphatic rings. The van der Waals surface area contributed by atoms with Crippen LogP contribution in [0.5, 0.6) is 11.5 Å². The minimum atomic E-state index is 0.358. The first-order chi connectivity index (χ1) is 7.43. The summed E-state index contributed by atoms with van der Waals surface area (Å²) in [6.07, 6.45) is 3.83. The first-order valence-electron chi connectivity index (χ1n) is 5.56. The second-order valence-electron chi connectivity index (χ2n) is 4.12. The van der Waals surface area contributed by atoms with Crippen molar-refractivity contribution in [3.05, 3.63) is 23.8 Å². The monoisotopic (exact) mass is 205 g/mol. The number of fused-ring (bicyclic) bond motifs is 1. The Morgan fingerprint density at radius 3 is 2.93 bits per heavy atom. The molecule has 1 atom stereocenters. The Kier molecular flexibility index (Phi) is 2.25. The number of ether oxygens (including phenoxy) is 2. The van der Waals surface area contributed by atoms with Crippen molar-refractivity contribution in [2.24, 2.45) is 0 Å². The highest BCUT2D eigenvalue weighted by Crippen LogP contribution is 2.35. The quantitative estimate of drug-likeness (QED) is 0.762. The summed E-state index contributed by atoms with van der Waals surface area (Å²) in [4.78, 5) is 0. The fourth-order valence-corrected chi connectivity index (χ4v) is 2.27. The Balaban J connectivity index is 1.85. The number of nitrogens with one attached hydrogen (secondary N) is 1. The van der Waals surface area contributed by atoms with Crippen molar-refractivity contribution in [2.45, 2.75) is 25.3 Å². The smallest absolute Gasteiger partial charge is 0.231 e. The van der Waals surface area contributed by atoms with Gasteiger partial charge in [0.25, 0.3) is 0 Å². The van der Waals surface area contributed by atoms with Crippen molar-refractivity contribution >= 4 is 0 Å². The van der Waals surface area contributed by atoms with Gasteiger partial charge in [-0.3, -0.25) is 0 Å². The second-order valence-corrected chi connectivity index (χ2v) is 4.12. The molecule has 2 aliphatic heterocycles. The van der Waals surface area contributed by atoms with Crippen LogP contribution in [-0.2, 0) is 0 Å². The van der Waals surface area contributed by atoms with Gasteiger partial charge in [-0.05, 0) is 37.1 Å². The molecule has 0 radical (unpaired) electrons. The van der Waals surface area contributed by atoms with Crippen molar-refractivity contribution in [3.63, 3.8) is 0 Å². The maximum Gasteiger partial charge on any atom is 0.231 e. The van der Waals surface area contributed by atoms with Gasteiger partial charge in [0, 0.05) is 6.04 Å². The third kappa shape index (κ3) is 1.67. The third-order valence-electron chi connectivity index (χ3n) is 3.11. The molecule has 3 nitrogen and oxygen atoms in total. The molecule has 1 aromatic rings. The predicted molar refractivity (Wildman–Crippen MR) is 57.2 cm³/mol. The predicted octanol–water partition coefficient (Wildman–Crippen LogP) is 2.23. The molecule has 0 bridgehead atoms. The molecule has 1 N–H and O–H groups in total. The van der Waals surface area contributed by atoms with Crippen molar-refractivity contribution in [1.82, 2.24) is 5.32 Å². The maximum absolute atomic E-state index is 5.38. The van der Waals surface area contributed by atoms with Gasteiger partial charge in [-0.2, -0.15) is 0 Å². The molecule has 0 unspecified atom stereocenters. The second kappa shape index (κ2) is 3.74. The van der Waals surface area contributed by atoms with E-state index >= 15 is 0 Å². The van der Waals surface area contributed by atoms with Crippen LogP contribution in [0.15, 0.2) is 18.2 Å².